The van der Waals surface area contributed by atoms with E-state index < -0.39 is 6.10 Å². The average Bonchev–Trinajstić information content (AvgIpc) is 2.47. The van der Waals surface area contributed by atoms with E-state index in [1.165, 1.54) is 0 Å². The molecule has 0 aliphatic carbocycles. The Morgan fingerprint density at radius 2 is 2.21 bits per heavy atom. The van der Waals surface area contributed by atoms with Crippen LogP contribution < -0.4 is 0 Å². The molecule has 0 aliphatic heterocycles. The summed E-state index contributed by atoms with van der Waals surface area (Å²) in [7, 11) is 0. The molecule has 5 heteroatoms. The molecule has 0 aliphatic rings. The number of hydrogen-bond donors (Lipinski definition) is 1. The Morgan fingerprint density at radius 3 is 2.86 bits per heavy atom. The van der Waals surface area contributed by atoms with Gasteiger partial charge in [-0.3, -0.25) is 4.40 Å². The van der Waals surface area contributed by atoms with Crippen LogP contribution in [0.3, 0.4) is 0 Å². The highest BCUT2D eigenvalue weighted by Gasteiger charge is 2.11. The minimum atomic E-state index is -0.598. The maximum Gasteiger partial charge on any atom is 0.155 e. The summed E-state index contributed by atoms with van der Waals surface area (Å²) >= 11 is 11.8. The van der Waals surface area contributed by atoms with Gasteiger partial charge in [0.1, 0.15) is 0 Å². The molecule has 0 spiro atoms. The molecular formula is C9H8Cl2N2O. The minimum Gasteiger partial charge on any atom is -0.387 e. The van der Waals surface area contributed by atoms with E-state index in [0.717, 1.165) is 0 Å². The van der Waals surface area contributed by atoms with Crippen LogP contribution in [0.1, 0.15) is 18.7 Å². The predicted octanol–water partition coefficient (Wildman–Crippen LogP) is 2.69. The van der Waals surface area contributed by atoms with E-state index in [1.807, 2.05) is 0 Å². The summed E-state index contributed by atoms with van der Waals surface area (Å²) in [5, 5.41) is 10.4. The van der Waals surface area contributed by atoms with Crippen LogP contribution in [0.2, 0.25) is 10.0 Å². The van der Waals surface area contributed by atoms with Gasteiger partial charge in [-0.2, -0.15) is 0 Å². The lowest BCUT2D eigenvalue weighted by molar-refractivity contribution is 0.193. The molecule has 0 amide bonds. The van der Waals surface area contributed by atoms with E-state index >= 15 is 0 Å². The van der Waals surface area contributed by atoms with Crippen molar-refractivity contribution in [2.24, 2.45) is 0 Å². The summed E-state index contributed by atoms with van der Waals surface area (Å²) in [5.41, 5.74) is 1.27. The molecule has 0 aromatic carbocycles. The van der Waals surface area contributed by atoms with E-state index in [9.17, 15) is 5.11 Å². The molecule has 2 heterocycles. The van der Waals surface area contributed by atoms with Gasteiger partial charge in [-0.15, -0.1) is 0 Å². The van der Waals surface area contributed by atoms with E-state index in [4.69, 9.17) is 23.2 Å². The second-order valence-corrected chi connectivity index (χ2v) is 3.90. The van der Waals surface area contributed by atoms with Crippen molar-refractivity contribution in [2.75, 3.05) is 0 Å². The number of rotatable bonds is 1. The van der Waals surface area contributed by atoms with Crippen LogP contribution in [0, 0.1) is 0 Å². The highest BCUT2D eigenvalue weighted by Crippen LogP contribution is 2.24. The molecule has 2 aromatic heterocycles. The first-order valence-corrected chi connectivity index (χ1v) is 4.85. The van der Waals surface area contributed by atoms with Crippen LogP contribution in [-0.2, 0) is 0 Å². The zero-order chi connectivity index (χ0) is 10.3. The average molecular weight is 231 g/mol. The molecular weight excluding hydrogens is 223 g/mol. The van der Waals surface area contributed by atoms with E-state index in [2.05, 4.69) is 4.98 Å². The molecule has 3 nitrogen and oxygen atoms in total. The number of halogens is 2. The summed E-state index contributed by atoms with van der Waals surface area (Å²) in [5.74, 6) is 0. The van der Waals surface area contributed by atoms with Crippen LogP contribution in [0.15, 0.2) is 18.5 Å². The number of nitrogens with zero attached hydrogens (tertiary/aromatic N) is 2. The summed E-state index contributed by atoms with van der Waals surface area (Å²) in [6.07, 6.45) is 2.67. The molecule has 74 valence electrons. The number of aliphatic hydroxyl groups is 1. The topological polar surface area (TPSA) is 37.5 Å². The highest BCUT2D eigenvalue weighted by atomic mass is 35.5. The Hall–Kier alpha value is -0.770. The lowest BCUT2D eigenvalue weighted by atomic mass is 10.3. The van der Waals surface area contributed by atoms with Crippen LogP contribution in [0.5, 0.6) is 0 Å². The molecule has 1 atom stereocenters. The third kappa shape index (κ3) is 1.47. The number of imidazole rings is 1. The van der Waals surface area contributed by atoms with E-state index in [-0.39, 0.29) is 0 Å². The molecule has 2 aromatic rings. The fraction of sp³-hybridized carbons (Fsp3) is 0.222. The van der Waals surface area contributed by atoms with Gasteiger partial charge in [-0.1, -0.05) is 23.2 Å². The van der Waals surface area contributed by atoms with Gasteiger partial charge < -0.3 is 5.11 Å². The zero-order valence-corrected chi connectivity index (χ0v) is 8.92. The first-order chi connectivity index (χ1) is 6.59. The van der Waals surface area contributed by atoms with Crippen molar-refractivity contribution < 1.29 is 5.11 Å². The van der Waals surface area contributed by atoms with Gasteiger partial charge in [-0.05, 0) is 13.0 Å². The second-order valence-electron chi connectivity index (χ2n) is 3.06. The maximum atomic E-state index is 9.45. The van der Waals surface area contributed by atoms with Crippen LogP contribution in [-0.4, -0.2) is 14.5 Å². The molecule has 1 N–H and O–H groups in total. The first-order valence-electron chi connectivity index (χ1n) is 4.09. The lowest BCUT2D eigenvalue weighted by Gasteiger charge is -2.04. The van der Waals surface area contributed by atoms with Crippen molar-refractivity contribution in [1.29, 1.82) is 0 Å². The largest absolute Gasteiger partial charge is 0.387 e. The Morgan fingerprint density at radius 1 is 1.50 bits per heavy atom. The van der Waals surface area contributed by atoms with Crippen LogP contribution in [0.25, 0.3) is 5.65 Å². The van der Waals surface area contributed by atoms with E-state index in [0.29, 0.717) is 21.4 Å². The Labute approximate surface area is 90.9 Å². The van der Waals surface area contributed by atoms with Crippen molar-refractivity contribution >= 4 is 28.8 Å². The Kier molecular flexibility index (Phi) is 2.39. The molecule has 0 saturated heterocycles. The minimum absolute atomic E-state index is 0.476. The number of hydrogen-bond acceptors (Lipinski definition) is 2. The number of aliphatic hydroxyl groups excluding tert-OH is 1. The number of pyridine rings is 1. The van der Waals surface area contributed by atoms with Crippen LogP contribution in [0.4, 0.5) is 0 Å². The zero-order valence-electron chi connectivity index (χ0n) is 7.41. The maximum absolute atomic E-state index is 9.45. The van der Waals surface area contributed by atoms with Gasteiger partial charge in [0.25, 0.3) is 0 Å². The smallest absolute Gasteiger partial charge is 0.155 e. The lowest BCUT2D eigenvalue weighted by Crippen LogP contribution is -1.97. The van der Waals surface area contributed by atoms with Crippen molar-refractivity contribution in [2.45, 2.75) is 13.0 Å². The normalized spacial score (nSPS) is 13.4. The van der Waals surface area contributed by atoms with Gasteiger partial charge in [0.15, 0.2) is 5.65 Å². The number of fused-ring (bicyclic) bond motifs is 1. The van der Waals surface area contributed by atoms with Gasteiger partial charge in [-0.25, -0.2) is 4.98 Å². The van der Waals surface area contributed by atoms with Crippen molar-refractivity contribution in [3.8, 4) is 0 Å². The molecule has 2 rings (SSSR count). The first kappa shape index (κ1) is 9.77. The van der Waals surface area contributed by atoms with Gasteiger partial charge in [0.05, 0.1) is 28.0 Å². The summed E-state index contributed by atoms with van der Waals surface area (Å²) in [6, 6.07) is 1.62. The summed E-state index contributed by atoms with van der Waals surface area (Å²) in [4.78, 5) is 4.09. The van der Waals surface area contributed by atoms with Crippen molar-refractivity contribution in [1.82, 2.24) is 9.38 Å². The predicted molar refractivity (Wildman–Crippen MR) is 55.8 cm³/mol. The van der Waals surface area contributed by atoms with Crippen molar-refractivity contribution in [3.05, 3.63) is 34.2 Å². The van der Waals surface area contributed by atoms with Gasteiger partial charge in [0, 0.05) is 6.20 Å². The third-order valence-electron chi connectivity index (χ3n) is 1.98. The fourth-order valence-corrected chi connectivity index (χ4v) is 1.86. The standard InChI is InChI=1S/C9H8Cl2N2O/c1-5(14)8-3-12-9-7(11)2-6(10)4-13(8)9/h2-5,14H,1H3. The summed E-state index contributed by atoms with van der Waals surface area (Å²) < 4.78 is 1.69. The summed E-state index contributed by atoms with van der Waals surface area (Å²) in [6.45, 7) is 1.66. The Balaban J connectivity index is 2.78. The van der Waals surface area contributed by atoms with Crippen LogP contribution >= 0.6 is 23.2 Å². The fourth-order valence-electron chi connectivity index (χ4n) is 1.34. The Bertz CT molecular complexity index is 479. The monoisotopic (exact) mass is 230 g/mol. The second kappa shape index (κ2) is 3.42. The quantitative estimate of drug-likeness (QED) is 0.819. The highest BCUT2D eigenvalue weighted by molar-refractivity contribution is 6.36. The molecule has 14 heavy (non-hydrogen) atoms. The van der Waals surface area contributed by atoms with E-state index in [1.54, 1.807) is 29.8 Å². The molecule has 0 fully saturated rings. The molecule has 0 saturated carbocycles. The molecule has 0 radical (unpaired) electrons. The SMILES string of the molecule is CC(O)c1cnc2c(Cl)cc(Cl)cn12. The molecule has 0 bridgehead atoms. The van der Waals surface area contributed by atoms with Gasteiger partial charge in [0.2, 0.25) is 0 Å². The third-order valence-corrected chi connectivity index (χ3v) is 2.47. The number of aromatic nitrogens is 2. The van der Waals surface area contributed by atoms with Crippen molar-refractivity contribution in [3.63, 3.8) is 0 Å². The molecule has 1 unspecified atom stereocenters. The van der Waals surface area contributed by atoms with Gasteiger partial charge >= 0.3 is 0 Å².